The summed E-state index contributed by atoms with van der Waals surface area (Å²) in [5.41, 5.74) is 1.66. The highest BCUT2D eigenvalue weighted by atomic mass is 19.1. The lowest BCUT2D eigenvalue weighted by atomic mass is 10.2. The second-order valence-electron chi connectivity index (χ2n) is 6.25. The molecule has 0 aliphatic carbocycles. The number of fused-ring (bicyclic) bond motifs is 1. The molecule has 8 nitrogen and oxygen atoms in total. The maximum Gasteiger partial charge on any atom is 0.273 e. The monoisotopic (exact) mass is 380 g/mol. The van der Waals surface area contributed by atoms with Crippen LogP contribution in [0.25, 0.3) is 16.6 Å². The predicted octanol–water partition coefficient (Wildman–Crippen LogP) is 3.01. The summed E-state index contributed by atoms with van der Waals surface area (Å²) >= 11 is 0. The normalized spacial score (nSPS) is 11.0. The molecular formula is C19H17FN6O2. The van der Waals surface area contributed by atoms with E-state index in [4.69, 9.17) is 4.74 Å². The molecule has 4 aromatic rings. The van der Waals surface area contributed by atoms with E-state index in [1.54, 1.807) is 29.8 Å². The Bertz CT molecular complexity index is 1230. The van der Waals surface area contributed by atoms with Crippen LogP contribution in [0, 0.1) is 19.7 Å². The maximum atomic E-state index is 13.7. The zero-order valence-electron chi connectivity index (χ0n) is 15.4. The molecule has 4 rings (SSSR count). The van der Waals surface area contributed by atoms with Gasteiger partial charge in [-0.2, -0.15) is 0 Å². The van der Waals surface area contributed by atoms with Gasteiger partial charge in [0.15, 0.2) is 11.6 Å². The van der Waals surface area contributed by atoms with E-state index in [9.17, 15) is 9.18 Å². The van der Waals surface area contributed by atoms with Crippen LogP contribution in [0.5, 0.6) is 5.75 Å². The molecule has 3 aromatic heterocycles. The molecule has 0 amide bonds. The summed E-state index contributed by atoms with van der Waals surface area (Å²) in [4.78, 5) is 25.2. The van der Waals surface area contributed by atoms with Gasteiger partial charge in [-0.1, -0.05) is 0 Å². The first-order valence-electron chi connectivity index (χ1n) is 8.48. The molecule has 0 aliphatic heterocycles. The average molecular weight is 380 g/mol. The lowest BCUT2D eigenvalue weighted by Gasteiger charge is -2.09. The standard InChI is InChI=1S/C19H17FN6O2/c1-10-6-18(23-11(2)22-10)24-17-8-15-13(9-21-17)19(27)25-26(15)12-4-5-14(20)16(7-12)28-3/h4-9H,1-3H3,(H,25,27)(H,21,22,23,24). The van der Waals surface area contributed by atoms with Crippen LogP contribution in [0.2, 0.25) is 0 Å². The van der Waals surface area contributed by atoms with E-state index in [0.717, 1.165) is 5.69 Å². The van der Waals surface area contributed by atoms with Gasteiger partial charge in [0.2, 0.25) is 0 Å². The molecule has 1 aromatic carbocycles. The lowest BCUT2D eigenvalue weighted by molar-refractivity contribution is 0.386. The number of nitrogens with one attached hydrogen (secondary N) is 2. The van der Waals surface area contributed by atoms with Crippen LogP contribution < -0.4 is 15.6 Å². The van der Waals surface area contributed by atoms with Crippen molar-refractivity contribution in [2.75, 3.05) is 12.4 Å². The number of H-pyrrole nitrogens is 1. The number of ether oxygens (including phenoxy) is 1. The number of pyridine rings is 1. The predicted molar refractivity (Wildman–Crippen MR) is 103 cm³/mol. The fourth-order valence-electron chi connectivity index (χ4n) is 3.00. The minimum absolute atomic E-state index is 0.0829. The third-order valence-corrected chi connectivity index (χ3v) is 4.20. The molecule has 0 unspecified atom stereocenters. The van der Waals surface area contributed by atoms with Gasteiger partial charge in [-0.25, -0.2) is 19.3 Å². The van der Waals surface area contributed by atoms with Gasteiger partial charge in [0.25, 0.3) is 5.56 Å². The Balaban J connectivity index is 1.81. The van der Waals surface area contributed by atoms with Crippen molar-refractivity contribution in [1.82, 2.24) is 24.7 Å². The summed E-state index contributed by atoms with van der Waals surface area (Å²) in [7, 11) is 1.39. The smallest absolute Gasteiger partial charge is 0.273 e. The first kappa shape index (κ1) is 17.7. The van der Waals surface area contributed by atoms with Gasteiger partial charge in [-0.15, -0.1) is 0 Å². The van der Waals surface area contributed by atoms with E-state index in [1.165, 1.54) is 25.4 Å². The molecule has 28 heavy (non-hydrogen) atoms. The third-order valence-electron chi connectivity index (χ3n) is 4.20. The molecule has 0 radical (unpaired) electrons. The van der Waals surface area contributed by atoms with Crippen LogP contribution in [0.3, 0.4) is 0 Å². The van der Waals surface area contributed by atoms with Crippen molar-refractivity contribution in [3.05, 3.63) is 64.2 Å². The molecule has 9 heteroatoms. The van der Waals surface area contributed by atoms with Crippen molar-refractivity contribution in [2.45, 2.75) is 13.8 Å². The van der Waals surface area contributed by atoms with Crippen molar-refractivity contribution in [2.24, 2.45) is 0 Å². The molecule has 3 heterocycles. The molecule has 0 atom stereocenters. The van der Waals surface area contributed by atoms with Crippen molar-refractivity contribution >= 4 is 22.5 Å². The largest absolute Gasteiger partial charge is 0.494 e. The zero-order valence-corrected chi connectivity index (χ0v) is 15.4. The number of hydrogen-bond donors (Lipinski definition) is 2. The van der Waals surface area contributed by atoms with Gasteiger partial charge in [-0.05, 0) is 26.0 Å². The van der Waals surface area contributed by atoms with Crippen molar-refractivity contribution < 1.29 is 9.13 Å². The van der Waals surface area contributed by atoms with Crippen molar-refractivity contribution in [1.29, 1.82) is 0 Å². The van der Waals surface area contributed by atoms with Crippen LogP contribution in [-0.4, -0.2) is 31.8 Å². The topological polar surface area (TPSA) is 97.7 Å². The first-order valence-corrected chi connectivity index (χ1v) is 8.48. The number of aryl methyl sites for hydroxylation is 2. The Labute approximate surface area is 159 Å². The molecule has 0 fully saturated rings. The second-order valence-corrected chi connectivity index (χ2v) is 6.25. The Hall–Kier alpha value is -3.75. The number of benzene rings is 1. The minimum Gasteiger partial charge on any atom is -0.494 e. The van der Waals surface area contributed by atoms with E-state index < -0.39 is 5.82 Å². The number of aromatic nitrogens is 5. The Morgan fingerprint density at radius 2 is 1.96 bits per heavy atom. The highest BCUT2D eigenvalue weighted by Crippen LogP contribution is 2.24. The highest BCUT2D eigenvalue weighted by molar-refractivity contribution is 5.82. The van der Waals surface area contributed by atoms with Crippen LogP contribution in [0.4, 0.5) is 16.0 Å². The summed E-state index contributed by atoms with van der Waals surface area (Å²) in [6.07, 6.45) is 1.48. The van der Waals surface area contributed by atoms with E-state index in [0.29, 0.717) is 34.1 Å². The number of methoxy groups -OCH3 is 1. The number of hydrogen-bond acceptors (Lipinski definition) is 6. The minimum atomic E-state index is -0.483. The van der Waals surface area contributed by atoms with Crippen molar-refractivity contribution in [3.63, 3.8) is 0 Å². The SMILES string of the molecule is COc1cc(-n2[nH]c(=O)c3cnc(Nc4cc(C)nc(C)n4)cc32)ccc1F. The van der Waals surface area contributed by atoms with Gasteiger partial charge >= 0.3 is 0 Å². The highest BCUT2D eigenvalue weighted by Gasteiger charge is 2.13. The van der Waals surface area contributed by atoms with Crippen LogP contribution >= 0.6 is 0 Å². The Morgan fingerprint density at radius 3 is 2.71 bits per heavy atom. The summed E-state index contributed by atoms with van der Waals surface area (Å²) < 4.78 is 20.3. The van der Waals surface area contributed by atoms with E-state index >= 15 is 0 Å². The van der Waals surface area contributed by atoms with Gasteiger partial charge in [0.1, 0.15) is 17.5 Å². The lowest BCUT2D eigenvalue weighted by Crippen LogP contribution is -2.04. The van der Waals surface area contributed by atoms with E-state index in [1.807, 2.05) is 6.92 Å². The molecule has 2 N–H and O–H groups in total. The molecule has 0 aliphatic rings. The summed E-state index contributed by atoms with van der Waals surface area (Å²) in [6.45, 7) is 3.68. The maximum absolute atomic E-state index is 13.7. The number of aromatic amines is 1. The quantitative estimate of drug-likeness (QED) is 0.565. The Kier molecular flexibility index (Phi) is 4.26. The summed E-state index contributed by atoms with van der Waals surface area (Å²) in [6, 6.07) is 7.86. The summed E-state index contributed by atoms with van der Waals surface area (Å²) in [5, 5.41) is 6.27. The van der Waals surface area contributed by atoms with Gasteiger partial charge in [0, 0.05) is 30.1 Å². The zero-order chi connectivity index (χ0) is 19.8. The number of anilines is 2. The molecule has 0 saturated heterocycles. The van der Waals surface area contributed by atoms with Gasteiger partial charge in [0.05, 0.1) is 23.7 Å². The van der Waals surface area contributed by atoms with Gasteiger partial charge < -0.3 is 10.1 Å². The first-order chi connectivity index (χ1) is 13.4. The van der Waals surface area contributed by atoms with Crippen molar-refractivity contribution in [3.8, 4) is 11.4 Å². The fourth-order valence-corrected chi connectivity index (χ4v) is 3.00. The second kappa shape index (κ2) is 6.76. The molecular weight excluding hydrogens is 363 g/mol. The van der Waals surface area contributed by atoms with E-state index in [-0.39, 0.29) is 11.3 Å². The van der Waals surface area contributed by atoms with Crippen LogP contribution in [-0.2, 0) is 0 Å². The molecule has 142 valence electrons. The average Bonchev–Trinajstić information content (AvgIpc) is 2.97. The van der Waals surface area contributed by atoms with Crippen LogP contribution in [0.1, 0.15) is 11.5 Å². The summed E-state index contributed by atoms with van der Waals surface area (Å²) in [5.74, 6) is 1.35. The molecule has 0 saturated carbocycles. The molecule has 0 bridgehead atoms. The fraction of sp³-hybridized carbons (Fsp3) is 0.158. The molecule has 0 spiro atoms. The van der Waals surface area contributed by atoms with Gasteiger partial charge in [-0.3, -0.25) is 14.6 Å². The van der Waals surface area contributed by atoms with E-state index in [2.05, 4.69) is 25.4 Å². The third kappa shape index (κ3) is 3.18. The number of nitrogens with zero attached hydrogens (tertiary/aromatic N) is 4. The van der Waals surface area contributed by atoms with Crippen LogP contribution in [0.15, 0.2) is 41.3 Å². The number of rotatable bonds is 4. The number of halogens is 1. The Morgan fingerprint density at radius 1 is 1.14 bits per heavy atom.